The second-order valence-corrected chi connectivity index (χ2v) is 5.12. The summed E-state index contributed by atoms with van der Waals surface area (Å²) in [6.07, 6.45) is 3.78. The van der Waals surface area contributed by atoms with Gasteiger partial charge in [-0.25, -0.2) is 0 Å². The van der Waals surface area contributed by atoms with E-state index in [2.05, 4.69) is 5.32 Å². The van der Waals surface area contributed by atoms with Gasteiger partial charge in [0.05, 0.1) is 12.1 Å². The fraction of sp³-hybridized carbons (Fsp3) is 0.917. The van der Waals surface area contributed by atoms with Crippen LogP contribution in [-0.4, -0.2) is 47.7 Å². The molecule has 2 aliphatic heterocycles. The molecular formula is C12H22N2O2. The highest BCUT2D eigenvalue weighted by atomic mass is 16.3. The Balaban J connectivity index is 1.89. The van der Waals surface area contributed by atoms with E-state index in [9.17, 15) is 9.90 Å². The third kappa shape index (κ3) is 2.55. The smallest absolute Gasteiger partial charge is 0.239 e. The first kappa shape index (κ1) is 11.9. The van der Waals surface area contributed by atoms with Crippen molar-refractivity contribution in [1.82, 2.24) is 10.2 Å². The number of nitrogens with one attached hydrogen (secondary N) is 1. The molecule has 2 rings (SSSR count). The van der Waals surface area contributed by atoms with Crippen LogP contribution in [0.3, 0.4) is 0 Å². The molecule has 2 aliphatic rings. The van der Waals surface area contributed by atoms with E-state index in [4.69, 9.17) is 0 Å². The van der Waals surface area contributed by atoms with Gasteiger partial charge in [0.2, 0.25) is 5.91 Å². The topological polar surface area (TPSA) is 52.6 Å². The molecule has 2 N–H and O–H groups in total. The minimum absolute atomic E-state index is 0.0243. The lowest BCUT2D eigenvalue weighted by Crippen LogP contribution is -2.53. The fourth-order valence-corrected chi connectivity index (χ4v) is 2.62. The number of aliphatic hydroxyl groups is 1. The molecular weight excluding hydrogens is 204 g/mol. The molecule has 0 saturated carbocycles. The second-order valence-electron chi connectivity index (χ2n) is 5.12. The summed E-state index contributed by atoms with van der Waals surface area (Å²) in [4.78, 5) is 14.1. The first-order valence-corrected chi connectivity index (χ1v) is 6.38. The van der Waals surface area contributed by atoms with Crippen molar-refractivity contribution in [3.63, 3.8) is 0 Å². The molecule has 16 heavy (non-hydrogen) atoms. The predicted molar refractivity (Wildman–Crippen MR) is 62.0 cm³/mol. The zero-order valence-electron chi connectivity index (χ0n) is 9.98. The summed E-state index contributed by atoms with van der Waals surface area (Å²) in [6, 6.07) is 0.0243. The Morgan fingerprint density at radius 2 is 2.19 bits per heavy atom. The summed E-state index contributed by atoms with van der Waals surface area (Å²) in [6.45, 7) is 4.39. The van der Waals surface area contributed by atoms with Gasteiger partial charge in [0.15, 0.2) is 0 Å². The van der Waals surface area contributed by atoms with Gasteiger partial charge in [-0.15, -0.1) is 0 Å². The molecule has 2 unspecified atom stereocenters. The van der Waals surface area contributed by atoms with Crippen LogP contribution < -0.4 is 5.32 Å². The molecule has 0 aromatic rings. The van der Waals surface area contributed by atoms with Crippen LogP contribution in [0.1, 0.15) is 32.6 Å². The van der Waals surface area contributed by atoms with E-state index >= 15 is 0 Å². The highest BCUT2D eigenvalue weighted by molar-refractivity contribution is 5.82. The molecule has 1 amide bonds. The predicted octanol–water partition coefficient (Wildman–Crippen LogP) is 0.358. The Hall–Kier alpha value is -0.610. The van der Waals surface area contributed by atoms with Crippen LogP contribution in [0.4, 0.5) is 0 Å². The quantitative estimate of drug-likeness (QED) is 0.678. The van der Waals surface area contributed by atoms with Crippen LogP contribution in [0.25, 0.3) is 0 Å². The maximum atomic E-state index is 12.2. The molecule has 4 heteroatoms. The van der Waals surface area contributed by atoms with Gasteiger partial charge in [0.25, 0.3) is 0 Å². The largest absolute Gasteiger partial charge is 0.393 e. The number of hydrogen-bond acceptors (Lipinski definition) is 3. The molecule has 2 heterocycles. The van der Waals surface area contributed by atoms with Crippen molar-refractivity contribution in [2.75, 3.05) is 19.6 Å². The Bertz CT molecular complexity index is 251. The van der Waals surface area contributed by atoms with Crippen molar-refractivity contribution in [1.29, 1.82) is 0 Å². The van der Waals surface area contributed by atoms with E-state index in [-0.39, 0.29) is 24.0 Å². The SMILES string of the molecule is CC1CN(C(=O)[C@H]2CCCCN2)CCC1O. The van der Waals surface area contributed by atoms with E-state index in [1.54, 1.807) is 0 Å². The molecule has 0 aliphatic carbocycles. The van der Waals surface area contributed by atoms with Crippen molar-refractivity contribution >= 4 is 5.91 Å². The first-order valence-electron chi connectivity index (χ1n) is 6.38. The minimum atomic E-state index is -0.233. The van der Waals surface area contributed by atoms with Gasteiger partial charge >= 0.3 is 0 Å². The molecule has 2 fully saturated rings. The Kier molecular flexibility index (Phi) is 3.82. The van der Waals surface area contributed by atoms with Gasteiger partial charge in [-0.2, -0.15) is 0 Å². The standard InChI is InChI=1S/C12H22N2O2/c1-9-8-14(7-5-11(9)15)12(16)10-4-2-3-6-13-10/h9-11,13,15H,2-8H2,1H3/t9?,10-,11?/m1/s1. The maximum absolute atomic E-state index is 12.2. The van der Waals surface area contributed by atoms with E-state index < -0.39 is 0 Å². The number of carbonyl (C=O) groups is 1. The lowest BCUT2D eigenvalue weighted by molar-refractivity contribution is -0.137. The van der Waals surface area contributed by atoms with E-state index in [0.29, 0.717) is 13.1 Å². The molecule has 0 spiro atoms. The summed E-state index contributed by atoms with van der Waals surface area (Å²) in [5, 5.41) is 12.9. The van der Waals surface area contributed by atoms with Crippen LogP contribution in [0, 0.1) is 5.92 Å². The number of hydrogen-bond donors (Lipinski definition) is 2. The first-order chi connectivity index (χ1) is 7.68. The average molecular weight is 226 g/mol. The lowest BCUT2D eigenvalue weighted by atomic mass is 9.95. The zero-order chi connectivity index (χ0) is 11.5. The number of aliphatic hydroxyl groups excluding tert-OH is 1. The van der Waals surface area contributed by atoms with E-state index in [1.165, 1.54) is 6.42 Å². The number of nitrogens with zero attached hydrogens (tertiary/aromatic N) is 1. The van der Waals surface area contributed by atoms with Crippen molar-refractivity contribution in [2.24, 2.45) is 5.92 Å². The third-order valence-electron chi connectivity index (χ3n) is 3.78. The summed E-state index contributed by atoms with van der Waals surface area (Å²) >= 11 is 0. The Morgan fingerprint density at radius 3 is 2.81 bits per heavy atom. The summed E-state index contributed by atoms with van der Waals surface area (Å²) in [5.41, 5.74) is 0. The zero-order valence-corrected chi connectivity index (χ0v) is 9.98. The molecule has 0 radical (unpaired) electrons. The summed E-state index contributed by atoms with van der Waals surface area (Å²) in [7, 11) is 0. The van der Waals surface area contributed by atoms with E-state index in [1.807, 2.05) is 11.8 Å². The minimum Gasteiger partial charge on any atom is -0.393 e. The number of amides is 1. The van der Waals surface area contributed by atoms with Gasteiger partial charge in [-0.3, -0.25) is 4.79 Å². The van der Waals surface area contributed by atoms with Crippen LogP contribution in [0.15, 0.2) is 0 Å². The second kappa shape index (κ2) is 5.15. The Labute approximate surface area is 97.0 Å². The molecule has 0 bridgehead atoms. The molecule has 4 nitrogen and oxygen atoms in total. The summed E-state index contributed by atoms with van der Waals surface area (Å²) in [5.74, 6) is 0.444. The van der Waals surface area contributed by atoms with Crippen LogP contribution in [0.5, 0.6) is 0 Å². The van der Waals surface area contributed by atoms with Gasteiger partial charge in [-0.1, -0.05) is 13.3 Å². The number of carbonyl (C=O) groups excluding carboxylic acids is 1. The highest BCUT2D eigenvalue weighted by Crippen LogP contribution is 2.19. The van der Waals surface area contributed by atoms with Crippen molar-refractivity contribution in [3.8, 4) is 0 Å². The van der Waals surface area contributed by atoms with Gasteiger partial charge in [0, 0.05) is 13.1 Å². The van der Waals surface area contributed by atoms with Crippen molar-refractivity contribution < 1.29 is 9.90 Å². The molecule has 2 saturated heterocycles. The van der Waals surface area contributed by atoms with Crippen molar-refractivity contribution in [2.45, 2.75) is 44.8 Å². The molecule has 3 atom stereocenters. The van der Waals surface area contributed by atoms with Crippen LogP contribution in [0.2, 0.25) is 0 Å². The normalized spacial score (nSPS) is 36.1. The number of rotatable bonds is 1. The molecule has 92 valence electrons. The van der Waals surface area contributed by atoms with Crippen LogP contribution in [-0.2, 0) is 4.79 Å². The highest BCUT2D eigenvalue weighted by Gasteiger charge is 2.31. The third-order valence-corrected chi connectivity index (χ3v) is 3.78. The monoisotopic (exact) mass is 226 g/mol. The fourth-order valence-electron chi connectivity index (χ4n) is 2.62. The molecule has 0 aromatic carbocycles. The number of likely N-dealkylation sites (tertiary alicyclic amines) is 1. The van der Waals surface area contributed by atoms with Gasteiger partial charge < -0.3 is 15.3 Å². The van der Waals surface area contributed by atoms with Gasteiger partial charge in [-0.05, 0) is 31.7 Å². The van der Waals surface area contributed by atoms with Crippen molar-refractivity contribution in [3.05, 3.63) is 0 Å². The number of piperidine rings is 2. The average Bonchev–Trinajstić information content (AvgIpc) is 2.33. The Morgan fingerprint density at radius 1 is 1.38 bits per heavy atom. The van der Waals surface area contributed by atoms with Gasteiger partial charge in [0.1, 0.15) is 0 Å². The van der Waals surface area contributed by atoms with E-state index in [0.717, 1.165) is 25.8 Å². The molecule has 0 aromatic heterocycles. The lowest BCUT2D eigenvalue weighted by Gasteiger charge is -2.37. The van der Waals surface area contributed by atoms with Crippen LogP contribution >= 0.6 is 0 Å². The maximum Gasteiger partial charge on any atom is 0.239 e. The summed E-state index contributed by atoms with van der Waals surface area (Å²) < 4.78 is 0.